The van der Waals surface area contributed by atoms with Gasteiger partial charge in [0.05, 0.1) is 12.2 Å². The van der Waals surface area contributed by atoms with Gasteiger partial charge in [-0.25, -0.2) is 4.68 Å². The van der Waals surface area contributed by atoms with Gasteiger partial charge in [-0.15, -0.1) is 0 Å². The fraction of sp³-hybridized carbons (Fsp3) is 0.571. The van der Waals surface area contributed by atoms with E-state index in [9.17, 15) is 17.6 Å². The molecule has 1 rings (SSSR count). The zero-order valence-electron chi connectivity index (χ0n) is 7.27. The molecule has 3 nitrogen and oxygen atoms in total. The van der Waals surface area contributed by atoms with Gasteiger partial charge in [-0.05, 0) is 6.92 Å². The van der Waals surface area contributed by atoms with Crippen LogP contribution in [0.15, 0.2) is 0 Å². The molecule has 0 unspecified atom stereocenters. The van der Waals surface area contributed by atoms with Crippen molar-refractivity contribution in [3.8, 4) is 0 Å². The van der Waals surface area contributed by atoms with Crippen molar-refractivity contribution in [2.45, 2.75) is 26.3 Å². The summed E-state index contributed by atoms with van der Waals surface area (Å²) in [6.07, 6.45) is -4.74. The van der Waals surface area contributed by atoms with Gasteiger partial charge in [0, 0.05) is 6.54 Å². The van der Waals surface area contributed by atoms with Crippen LogP contribution in [-0.2, 0) is 19.3 Å². The maximum atomic E-state index is 13.1. The minimum Gasteiger partial charge on any atom is -0.391 e. The first kappa shape index (κ1) is 11.0. The van der Waals surface area contributed by atoms with E-state index in [1.54, 1.807) is 0 Å². The molecule has 0 spiro atoms. The van der Waals surface area contributed by atoms with Gasteiger partial charge >= 0.3 is 6.18 Å². The summed E-state index contributed by atoms with van der Waals surface area (Å²) in [4.78, 5) is 0. The van der Waals surface area contributed by atoms with Gasteiger partial charge in [0.1, 0.15) is 0 Å². The van der Waals surface area contributed by atoms with E-state index in [0.717, 1.165) is 0 Å². The maximum absolute atomic E-state index is 13.1. The summed E-state index contributed by atoms with van der Waals surface area (Å²) in [5.74, 6) is -1.14. The van der Waals surface area contributed by atoms with Gasteiger partial charge in [-0.2, -0.15) is 22.7 Å². The van der Waals surface area contributed by atoms with E-state index >= 15 is 0 Å². The molecule has 0 saturated carbocycles. The lowest BCUT2D eigenvalue weighted by molar-refractivity contribution is -0.142. The number of hydrogen-bond acceptors (Lipinski definition) is 2. The monoisotopic (exact) mass is 212 g/mol. The highest BCUT2D eigenvalue weighted by atomic mass is 19.4. The summed E-state index contributed by atoms with van der Waals surface area (Å²) in [7, 11) is 0. The number of alkyl halides is 3. The molecule has 1 aromatic rings. The first-order valence-electron chi connectivity index (χ1n) is 3.85. The molecule has 1 N–H and O–H groups in total. The molecule has 0 atom stereocenters. The van der Waals surface area contributed by atoms with Crippen molar-refractivity contribution < 1.29 is 22.7 Å². The summed E-state index contributed by atoms with van der Waals surface area (Å²) < 4.78 is 50.3. The third kappa shape index (κ3) is 1.72. The van der Waals surface area contributed by atoms with Crippen molar-refractivity contribution in [3.63, 3.8) is 0 Å². The SMILES string of the molecule is CCn1nc(C(F)(F)F)c(CO)c1F. The first-order valence-corrected chi connectivity index (χ1v) is 3.85. The van der Waals surface area contributed by atoms with Gasteiger partial charge in [0.25, 0.3) is 0 Å². The van der Waals surface area contributed by atoms with E-state index in [2.05, 4.69) is 5.10 Å². The lowest BCUT2D eigenvalue weighted by Crippen LogP contribution is -2.09. The van der Waals surface area contributed by atoms with Gasteiger partial charge in [0.15, 0.2) is 5.69 Å². The van der Waals surface area contributed by atoms with Crippen LogP contribution in [0.1, 0.15) is 18.2 Å². The van der Waals surface area contributed by atoms with Crippen molar-refractivity contribution in [1.29, 1.82) is 0 Å². The average molecular weight is 212 g/mol. The smallest absolute Gasteiger partial charge is 0.391 e. The van der Waals surface area contributed by atoms with Crippen molar-refractivity contribution >= 4 is 0 Å². The molecule has 80 valence electrons. The van der Waals surface area contributed by atoms with Crippen molar-refractivity contribution in [1.82, 2.24) is 9.78 Å². The summed E-state index contributed by atoms with van der Waals surface area (Å²) in [5, 5.41) is 11.6. The molecule has 0 radical (unpaired) electrons. The fourth-order valence-electron chi connectivity index (χ4n) is 1.06. The summed E-state index contributed by atoms with van der Waals surface area (Å²) >= 11 is 0. The second-order valence-electron chi connectivity index (χ2n) is 2.59. The number of rotatable bonds is 2. The zero-order chi connectivity index (χ0) is 10.9. The Kier molecular flexibility index (Phi) is 2.79. The van der Waals surface area contributed by atoms with Crippen LogP contribution >= 0.6 is 0 Å². The molecule has 0 aromatic carbocycles. The number of aryl methyl sites for hydroxylation is 1. The Morgan fingerprint density at radius 2 is 2.00 bits per heavy atom. The molecular weight excluding hydrogens is 204 g/mol. The number of aromatic nitrogens is 2. The lowest BCUT2D eigenvalue weighted by Gasteiger charge is -2.02. The highest BCUT2D eigenvalue weighted by Gasteiger charge is 2.39. The molecule has 0 aliphatic heterocycles. The van der Waals surface area contributed by atoms with Crippen LogP contribution in [0.5, 0.6) is 0 Å². The molecule has 0 aliphatic rings. The molecule has 0 amide bonds. The molecule has 1 heterocycles. The molecule has 1 aromatic heterocycles. The predicted molar refractivity (Wildman–Crippen MR) is 38.8 cm³/mol. The maximum Gasteiger partial charge on any atom is 0.435 e. The first-order chi connectivity index (χ1) is 6.41. The van der Waals surface area contributed by atoms with Gasteiger partial charge in [-0.1, -0.05) is 0 Å². The number of aliphatic hydroxyl groups excluding tert-OH is 1. The number of halogens is 4. The van der Waals surface area contributed by atoms with Crippen LogP contribution in [0.2, 0.25) is 0 Å². The molecule has 7 heteroatoms. The minimum absolute atomic E-state index is 0.0189. The third-order valence-electron chi connectivity index (χ3n) is 1.71. The Hall–Kier alpha value is -1.11. The van der Waals surface area contributed by atoms with Crippen LogP contribution in [0.3, 0.4) is 0 Å². The summed E-state index contributed by atoms with van der Waals surface area (Å²) in [6.45, 7) is 0.424. The molecule has 0 bridgehead atoms. The fourth-order valence-corrected chi connectivity index (χ4v) is 1.06. The zero-order valence-corrected chi connectivity index (χ0v) is 7.27. The molecule has 0 saturated heterocycles. The van der Waals surface area contributed by atoms with Gasteiger partial charge in [0.2, 0.25) is 5.95 Å². The Labute approximate surface area is 77.0 Å². The second-order valence-corrected chi connectivity index (χ2v) is 2.59. The summed E-state index contributed by atoms with van der Waals surface area (Å²) in [6, 6.07) is 0. The number of hydrogen-bond donors (Lipinski definition) is 1. The van der Waals surface area contributed by atoms with Crippen LogP contribution in [-0.4, -0.2) is 14.9 Å². The second kappa shape index (κ2) is 3.56. The van der Waals surface area contributed by atoms with Gasteiger partial charge in [-0.3, -0.25) is 0 Å². The molecule has 0 aliphatic carbocycles. The largest absolute Gasteiger partial charge is 0.435 e. The highest BCUT2D eigenvalue weighted by Crippen LogP contribution is 2.31. The standard InChI is InChI=1S/C7H8F4N2O/c1-2-13-6(8)4(3-14)5(12-13)7(9,10)11/h14H,2-3H2,1H3. The topological polar surface area (TPSA) is 38.0 Å². The van der Waals surface area contributed by atoms with Crippen LogP contribution < -0.4 is 0 Å². The quantitative estimate of drug-likeness (QED) is 0.755. The third-order valence-corrected chi connectivity index (χ3v) is 1.71. The van der Waals surface area contributed by atoms with E-state index in [4.69, 9.17) is 5.11 Å². The lowest BCUT2D eigenvalue weighted by atomic mass is 10.2. The Bertz CT molecular complexity index is 331. The van der Waals surface area contributed by atoms with Gasteiger partial charge < -0.3 is 5.11 Å². The van der Waals surface area contributed by atoms with Crippen molar-refractivity contribution in [2.24, 2.45) is 0 Å². The average Bonchev–Trinajstić information content (AvgIpc) is 2.41. The molecular formula is C7H8F4N2O. The van der Waals surface area contributed by atoms with E-state index in [0.29, 0.717) is 4.68 Å². The molecule has 0 fully saturated rings. The Morgan fingerprint density at radius 1 is 1.43 bits per heavy atom. The van der Waals surface area contributed by atoms with Crippen molar-refractivity contribution in [3.05, 3.63) is 17.2 Å². The summed E-state index contributed by atoms with van der Waals surface area (Å²) in [5.41, 5.74) is -2.17. The normalized spacial score (nSPS) is 12.1. The highest BCUT2D eigenvalue weighted by molar-refractivity contribution is 5.20. The Balaban J connectivity index is 3.30. The minimum atomic E-state index is -4.74. The van der Waals surface area contributed by atoms with E-state index < -0.39 is 30.0 Å². The van der Waals surface area contributed by atoms with Crippen LogP contribution in [0, 0.1) is 5.95 Å². The molecule has 14 heavy (non-hydrogen) atoms. The number of aliphatic hydroxyl groups is 1. The van der Waals surface area contributed by atoms with E-state index in [-0.39, 0.29) is 6.54 Å². The van der Waals surface area contributed by atoms with Crippen molar-refractivity contribution in [2.75, 3.05) is 0 Å². The van der Waals surface area contributed by atoms with Crippen LogP contribution in [0.25, 0.3) is 0 Å². The predicted octanol–water partition coefficient (Wildman–Crippen LogP) is 1.55. The van der Waals surface area contributed by atoms with E-state index in [1.165, 1.54) is 6.92 Å². The van der Waals surface area contributed by atoms with Crippen LogP contribution in [0.4, 0.5) is 17.6 Å². The van der Waals surface area contributed by atoms with E-state index in [1.807, 2.05) is 0 Å². The number of nitrogens with zero attached hydrogens (tertiary/aromatic N) is 2. The Morgan fingerprint density at radius 3 is 2.29 bits per heavy atom.